The summed E-state index contributed by atoms with van der Waals surface area (Å²) in [5, 5.41) is 2.74. The van der Waals surface area contributed by atoms with Crippen molar-refractivity contribution in [2.75, 3.05) is 13.1 Å². The maximum absolute atomic E-state index is 12.5. The second-order valence-electron chi connectivity index (χ2n) is 6.67. The molecule has 2 rings (SSSR count). The summed E-state index contributed by atoms with van der Waals surface area (Å²) in [5.74, 6) is -0.364. The standard InChI is InChI=1S/C22H26F2N2O4S/c1-4-26(5-2)31(28,29)20-12-9-17(10-13-20)11-14-21(27)25-16(3)18-7-6-8-19(15-18)30-22(23)24/h6-16,22H,4-5H2,1-3H3,(H,25,27)/b14-11+. The molecule has 2 aromatic carbocycles. The number of rotatable bonds is 10. The van der Waals surface area contributed by atoms with E-state index in [1.807, 2.05) is 0 Å². The minimum Gasteiger partial charge on any atom is -0.435 e. The lowest BCUT2D eigenvalue weighted by Crippen LogP contribution is -2.30. The largest absolute Gasteiger partial charge is 0.435 e. The van der Waals surface area contributed by atoms with E-state index in [1.54, 1.807) is 51.1 Å². The molecule has 0 aliphatic heterocycles. The number of hydrogen-bond donors (Lipinski definition) is 1. The van der Waals surface area contributed by atoms with Crippen molar-refractivity contribution in [2.24, 2.45) is 0 Å². The van der Waals surface area contributed by atoms with Gasteiger partial charge in [0.15, 0.2) is 0 Å². The summed E-state index contributed by atoms with van der Waals surface area (Å²) in [6, 6.07) is 11.9. The van der Waals surface area contributed by atoms with Crippen molar-refractivity contribution in [1.29, 1.82) is 0 Å². The maximum Gasteiger partial charge on any atom is 0.387 e. The molecule has 1 amide bonds. The average Bonchev–Trinajstić information content (AvgIpc) is 2.73. The second kappa shape index (κ2) is 11.0. The van der Waals surface area contributed by atoms with Crippen LogP contribution in [0.25, 0.3) is 6.08 Å². The van der Waals surface area contributed by atoms with Crippen molar-refractivity contribution < 1.29 is 26.7 Å². The molecule has 168 valence electrons. The Bertz CT molecular complexity index is 1000. The molecule has 31 heavy (non-hydrogen) atoms. The van der Waals surface area contributed by atoms with E-state index < -0.39 is 22.7 Å². The van der Waals surface area contributed by atoms with Crippen LogP contribution in [-0.4, -0.2) is 38.3 Å². The van der Waals surface area contributed by atoms with Crippen LogP contribution >= 0.6 is 0 Å². The van der Waals surface area contributed by atoms with E-state index >= 15 is 0 Å². The number of hydrogen-bond acceptors (Lipinski definition) is 4. The molecular formula is C22H26F2N2O4S. The van der Waals surface area contributed by atoms with Crippen LogP contribution in [-0.2, 0) is 14.8 Å². The van der Waals surface area contributed by atoms with E-state index in [0.717, 1.165) is 0 Å². The molecule has 0 bridgehead atoms. The van der Waals surface area contributed by atoms with Gasteiger partial charge in [-0.3, -0.25) is 4.79 Å². The zero-order chi connectivity index (χ0) is 23.0. The number of ether oxygens (including phenoxy) is 1. The van der Waals surface area contributed by atoms with Crippen molar-refractivity contribution in [1.82, 2.24) is 9.62 Å². The highest BCUT2D eigenvalue weighted by Crippen LogP contribution is 2.21. The zero-order valence-electron chi connectivity index (χ0n) is 17.6. The van der Waals surface area contributed by atoms with Crippen molar-refractivity contribution in [3.63, 3.8) is 0 Å². The summed E-state index contributed by atoms with van der Waals surface area (Å²) < 4.78 is 55.5. The zero-order valence-corrected chi connectivity index (χ0v) is 18.4. The van der Waals surface area contributed by atoms with Crippen LogP contribution in [0.4, 0.5) is 8.78 Å². The highest BCUT2D eigenvalue weighted by molar-refractivity contribution is 7.89. The highest BCUT2D eigenvalue weighted by Gasteiger charge is 2.21. The molecule has 0 radical (unpaired) electrons. The fourth-order valence-corrected chi connectivity index (χ4v) is 4.40. The van der Waals surface area contributed by atoms with E-state index in [9.17, 15) is 22.0 Å². The lowest BCUT2D eigenvalue weighted by Gasteiger charge is -2.18. The monoisotopic (exact) mass is 452 g/mol. The third-order valence-electron chi connectivity index (χ3n) is 4.59. The van der Waals surface area contributed by atoms with Gasteiger partial charge >= 0.3 is 6.61 Å². The van der Waals surface area contributed by atoms with Gasteiger partial charge in [0.1, 0.15) is 5.75 Å². The number of nitrogens with zero attached hydrogens (tertiary/aromatic N) is 1. The Morgan fingerprint density at radius 3 is 2.35 bits per heavy atom. The van der Waals surface area contributed by atoms with Gasteiger partial charge in [-0.05, 0) is 48.4 Å². The SMILES string of the molecule is CCN(CC)S(=O)(=O)c1ccc(/C=C/C(=O)NC(C)c2cccc(OC(F)F)c2)cc1. The van der Waals surface area contributed by atoms with Gasteiger partial charge in [0.05, 0.1) is 10.9 Å². The van der Waals surface area contributed by atoms with Crippen molar-refractivity contribution in [2.45, 2.75) is 38.3 Å². The van der Waals surface area contributed by atoms with Crippen molar-refractivity contribution >= 4 is 22.0 Å². The molecule has 1 unspecified atom stereocenters. The van der Waals surface area contributed by atoms with Crippen LogP contribution in [0.3, 0.4) is 0 Å². The first-order valence-corrected chi connectivity index (χ1v) is 11.2. The van der Waals surface area contributed by atoms with Gasteiger partial charge in [0.25, 0.3) is 0 Å². The topological polar surface area (TPSA) is 75.7 Å². The lowest BCUT2D eigenvalue weighted by molar-refractivity contribution is -0.117. The fourth-order valence-electron chi connectivity index (χ4n) is 2.94. The Balaban J connectivity index is 2.02. The fraction of sp³-hybridized carbons (Fsp3) is 0.318. The minimum atomic E-state index is -3.53. The Hall–Kier alpha value is -2.78. The quantitative estimate of drug-likeness (QED) is 0.548. The third-order valence-corrected chi connectivity index (χ3v) is 6.66. The molecule has 1 atom stereocenters. The first-order valence-electron chi connectivity index (χ1n) is 9.81. The van der Waals surface area contributed by atoms with Crippen molar-refractivity contribution in [3.8, 4) is 5.75 Å². The molecule has 0 saturated carbocycles. The Morgan fingerprint density at radius 1 is 1.13 bits per heavy atom. The molecular weight excluding hydrogens is 426 g/mol. The average molecular weight is 453 g/mol. The summed E-state index contributed by atoms with van der Waals surface area (Å²) in [6.45, 7) is 3.13. The number of carbonyl (C=O) groups excluding carboxylic acids is 1. The molecule has 0 heterocycles. The smallest absolute Gasteiger partial charge is 0.387 e. The summed E-state index contributed by atoms with van der Waals surface area (Å²) in [7, 11) is -3.53. The van der Waals surface area contributed by atoms with Gasteiger partial charge in [-0.25, -0.2) is 8.42 Å². The first kappa shape index (κ1) is 24.5. The Kier molecular flexibility index (Phi) is 8.70. The van der Waals surface area contributed by atoms with Crippen LogP contribution in [0.15, 0.2) is 59.5 Å². The van der Waals surface area contributed by atoms with Crippen LogP contribution in [0.2, 0.25) is 0 Å². The molecule has 1 N–H and O–H groups in total. The van der Waals surface area contributed by atoms with Crippen LogP contribution in [0.1, 0.15) is 37.9 Å². The predicted molar refractivity (Wildman–Crippen MR) is 115 cm³/mol. The number of carbonyl (C=O) groups is 1. The molecule has 0 spiro atoms. The predicted octanol–water partition coefficient (Wildman–Crippen LogP) is 4.21. The number of amides is 1. The van der Waals surface area contributed by atoms with Crippen LogP contribution < -0.4 is 10.1 Å². The van der Waals surface area contributed by atoms with Gasteiger partial charge in [-0.1, -0.05) is 38.1 Å². The number of benzene rings is 2. The van der Waals surface area contributed by atoms with Gasteiger partial charge < -0.3 is 10.1 Å². The highest BCUT2D eigenvalue weighted by atomic mass is 32.2. The van der Waals surface area contributed by atoms with Gasteiger partial charge in [-0.2, -0.15) is 13.1 Å². The van der Waals surface area contributed by atoms with Crippen LogP contribution in [0.5, 0.6) is 5.75 Å². The molecule has 0 aliphatic carbocycles. The Morgan fingerprint density at radius 2 is 1.77 bits per heavy atom. The van der Waals surface area contributed by atoms with Gasteiger partial charge in [-0.15, -0.1) is 0 Å². The summed E-state index contributed by atoms with van der Waals surface area (Å²) >= 11 is 0. The lowest BCUT2D eigenvalue weighted by atomic mass is 10.1. The normalized spacial score (nSPS) is 13.0. The summed E-state index contributed by atoms with van der Waals surface area (Å²) in [6.07, 6.45) is 2.89. The molecule has 0 fully saturated rings. The van der Waals surface area contributed by atoms with Crippen molar-refractivity contribution in [3.05, 3.63) is 65.7 Å². The summed E-state index contributed by atoms with van der Waals surface area (Å²) in [5.41, 5.74) is 1.28. The van der Waals surface area contributed by atoms with E-state index in [2.05, 4.69) is 10.1 Å². The molecule has 2 aromatic rings. The van der Waals surface area contributed by atoms with E-state index in [-0.39, 0.29) is 16.6 Å². The minimum absolute atomic E-state index is 0.0175. The number of nitrogens with one attached hydrogen (secondary N) is 1. The summed E-state index contributed by atoms with van der Waals surface area (Å²) in [4.78, 5) is 12.4. The van der Waals surface area contributed by atoms with Gasteiger partial charge in [0, 0.05) is 19.2 Å². The van der Waals surface area contributed by atoms with Crippen LogP contribution in [0, 0.1) is 0 Å². The van der Waals surface area contributed by atoms with E-state index in [4.69, 9.17) is 0 Å². The molecule has 0 aliphatic rings. The van der Waals surface area contributed by atoms with E-state index in [1.165, 1.54) is 34.6 Å². The molecule has 0 aromatic heterocycles. The molecule has 0 saturated heterocycles. The Labute approximate surface area is 181 Å². The first-order chi connectivity index (χ1) is 14.7. The van der Waals surface area contributed by atoms with Gasteiger partial charge in [0.2, 0.25) is 15.9 Å². The number of sulfonamides is 1. The van der Waals surface area contributed by atoms with E-state index in [0.29, 0.717) is 24.2 Å². The molecule has 6 nitrogen and oxygen atoms in total. The maximum atomic E-state index is 12.5. The number of alkyl halides is 2. The number of halogens is 2. The molecule has 9 heteroatoms. The second-order valence-corrected chi connectivity index (χ2v) is 8.61. The third kappa shape index (κ3) is 6.86.